The molecule has 0 bridgehead atoms. The molecule has 0 unspecified atom stereocenters. The number of hydrogen-bond donors (Lipinski definition) is 1. The van der Waals surface area contributed by atoms with Gasteiger partial charge in [0, 0.05) is 10.9 Å². The molecule has 0 aliphatic rings. The van der Waals surface area contributed by atoms with Gasteiger partial charge in [0.15, 0.2) is 0 Å². The van der Waals surface area contributed by atoms with Crippen LogP contribution in [-0.2, 0) is 0 Å². The molecule has 0 atom stereocenters. The number of hydrogen-bond acceptors (Lipinski definition) is 3. The van der Waals surface area contributed by atoms with E-state index in [9.17, 15) is 4.79 Å². The summed E-state index contributed by atoms with van der Waals surface area (Å²) >= 11 is 0. The maximum absolute atomic E-state index is 11.7. The van der Waals surface area contributed by atoms with E-state index < -0.39 is 0 Å². The maximum Gasteiger partial charge on any atom is 0.359 e. The predicted molar refractivity (Wildman–Crippen MR) is 65.9 cm³/mol. The molecule has 0 aliphatic carbocycles. The number of nitrogens with one attached hydrogen (secondary N) is 1. The van der Waals surface area contributed by atoms with Gasteiger partial charge in [0.05, 0.1) is 0 Å². The SMILES string of the molecule is CC(C)(C)Nc1cc2ccccc2oc1=O. The summed E-state index contributed by atoms with van der Waals surface area (Å²) in [6, 6.07) is 9.31. The molecule has 0 fully saturated rings. The Morgan fingerprint density at radius 3 is 2.56 bits per heavy atom. The highest BCUT2D eigenvalue weighted by Crippen LogP contribution is 2.17. The largest absolute Gasteiger partial charge is 0.421 e. The second-order valence-corrected chi connectivity index (χ2v) is 4.86. The van der Waals surface area contributed by atoms with Gasteiger partial charge in [-0.2, -0.15) is 0 Å². The van der Waals surface area contributed by atoms with Crippen LogP contribution in [0.2, 0.25) is 0 Å². The fraction of sp³-hybridized carbons (Fsp3) is 0.308. The summed E-state index contributed by atoms with van der Waals surface area (Å²) in [4.78, 5) is 11.7. The monoisotopic (exact) mass is 217 g/mol. The van der Waals surface area contributed by atoms with E-state index in [1.807, 2.05) is 45.0 Å². The van der Waals surface area contributed by atoms with E-state index in [2.05, 4.69) is 5.32 Å². The molecule has 3 heteroatoms. The number of fused-ring (bicyclic) bond motifs is 1. The average molecular weight is 217 g/mol. The van der Waals surface area contributed by atoms with Crippen molar-refractivity contribution >= 4 is 16.7 Å². The molecular weight excluding hydrogens is 202 g/mol. The van der Waals surface area contributed by atoms with Crippen molar-refractivity contribution < 1.29 is 4.42 Å². The molecule has 2 aromatic rings. The lowest BCUT2D eigenvalue weighted by Gasteiger charge is -2.21. The Balaban J connectivity index is 2.55. The van der Waals surface area contributed by atoms with E-state index in [0.717, 1.165) is 5.39 Å². The van der Waals surface area contributed by atoms with Gasteiger partial charge in [0.25, 0.3) is 0 Å². The summed E-state index contributed by atoms with van der Waals surface area (Å²) in [5.41, 5.74) is 0.642. The van der Waals surface area contributed by atoms with E-state index >= 15 is 0 Å². The van der Waals surface area contributed by atoms with Crippen LogP contribution in [-0.4, -0.2) is 5.54 Å². The van der Waals surface area contributed by atoms with E-state index in [1.165, 1.54) is 0 Å². The van der Waals surface area contributed by atoms with Gasteiger partial charge in [0.2, 0.25) is 0 Å². The Hall–Kier alpha value is -1.77. The van der Waals surface area contributed by atoms with Crippen molar-refractivity contribution in [2.45, 2.75) is 26.3 Å². The molecule has 84 valence electrons. The summed E-state index contributed by atoms with van der Waals surface area (Å²) in [6.45, 7) is 6.00. The molecule has 0 radical (unpaired) electrons. The van der Waals surface area contributed by atoms with Crippen molar-refractivity contribution in [3.63, 3.8) is 0 Å². The molecule has 1 aromatic carbocycles. The molecule has 16 heavy (non-hydrogen) atoms. The van der Waals surface area contributed by atoms with Crippen molar-refractivity contribution in [1.29, 1.82) is 0 Å². The topological polar surface area (TPSA) is 42.2 Å². The Kier molecular flexibility index (Phi) is 2.46. The van der Waals surface area contributed by atoms with Crippen molar-refractivity contribution in [3.8, 4) is 0 Å². The summed E-state index contributed by atoms with van der Waals surface area (Å²) in [6.07, 6.45) is 0. The lowest BCUT2D eigenvalue weighted by molar-refractivity contribution is 0.554. The predicted octanol–water partition coefficient (Wildman–Crippen LogP) is 3.00. The van der Waals surface area contributed by atoms with Crippen molar-refractivity contribution in [3.05, 3.63) is 40.8 Å². The van der Waals surface area contributed by atoms with Crippen LogP contribution in [0.3, 0.4) is 0 Å². The minimum atomic E-state index is -0.325. The lowest BCUT2D eigenvalue weighted by atomic mass is 10.1. The first-order valence-corrected chi connectivity index (χ1v) is 5.27. The molecule has 0 aliphatic heterocycles. The first kappa shape index (κ1) is 10.7. The maximum atomic E-state index is 11.7. The van der Waals surface area contributed by atoms with Gasteiger partial charge < -0.3 is 9.73 Å². The molecule has 0 saturated heterocycles. The van der Waals surface area contributed by atoms with Gasteiger partial charge in [-0.05, 0) is 32.9 Å². The zero-order valence-electron chi connectivity index (χ0n) is 9.70. The highest BCUT2D eigenvalue weighted by atomic mass is 16.4. The Labute approximate surface area is 94.1 Å². The lowest BCUT2D eigenvalue weighted by Crippen LogP contribution is -2.29. The zero-order valence-corrected chi connectivity index (χ0v) is 9.70. The Morgan fingerprint density at radius 1 is 1.19 bits per heavy atom. The van der Waals surface area contributed by atoms with Gasteiger partial charge in [0.1, 0.15) is 11.3 Å². The van der Waals surface area contributed by atoms with Crippen molar-refractivity contribution in [2.24, 2.45) is 0 Å². The molecule has 0 amide bonds. The standard InChI is InChI=1S/C13H15NO2/c1-13(2,3)14-10-8-9-6-4-5-7-11(9)16-12(10)15/h4-8,14H,1-3H3. The zero-order chi connectivity index (χ0) is 11.8. The van der Waals surface area contributed by atoms with Crippen LogP contribution in [0.4, 0.5) is 5.69 Å². The van der Waals surface area contributed by atoms with E-state index in [1.54, 1.807) is 6.07 Å². The number of rotatable bonds is 1. The van der Waals surface area contributed by atoms with Gasteiger partial charge in [-0.1, -0.05) is 18.2 Å². The van der Waals surface area contributed by atoms with Crippen LogP contribution in [0.15, 0.2) is 39.5 Å². The van der Waals surface area contributed by atoms with Crippen LogP contribution in [0.5, 0.6) is 0 Å². The number of para-hydroxylation sites is 1. The van der Waals surface area contributed by atoms with Crippen LogP contribution < -0.4 is 10.9 Å². The minimum absolute atomic E-state index is 0.156. The molecule has 1 N–H and O–H groups in total. The van der Waals surface area contributed by atoms with Crippen LogP contribution in [0.25, 0.3) is 11.0 Å². The molecule has 0 spiro atoms. The third-order valence-electron chi connectivity index (χ3n) is 2.15. The molecule has 1 heterocycles. The Morgan fingerprint density at radius 2 is 1.88 bits per heavy atom. The summed E-state index contributed by atoms with van der Waals surface area (Å²) in [7, 11) is 0. The first-order valence-electron chi connectivity index (χ1n) is 5.27. The van der Waals surface area contributed by atoms with Gasteiger partial charge >= 0.3 is 5.63 Å². The number of anilines is 1. The summed E-state index contributed by atoms with van der Waals surface area (Å²) in [5.74, 6) is 0. The molecule has 0 saturated carbocycles. The van der Waals surface area contributed by atoms with E-state index in [4.69, 9.17) is 4.42 Å². The third-order valence-corrected chi connectivity index (χ3v) is 2.15. The van der Waals surface area contributed by atoms with Crippen LogP contribution >= 0.6 is 0 Å². The van der Waals surface area contributed by atoms with Gasteiger partial charge in [-0.25, -0.2) is 4.79 Å². The second kappa shape index (κ2) is 3.67. The quantitative estimate of drug-likeness (QED) is 0.746. The summed E-state index contributed by atoms with van der Waals surface area (Å²) in [5, 5.41) is 4.06. The van der Waals surface area contributed by atoms with Crippen LogP contribution in [0.1, 0.15) is 20.8 Å². The normalized spacial score (nSPS) is 11.7. The van der Waals surface area contributed by atoms with Crippen LogP contribution in [0, 0.1) is 0 Å². The highest BCUT2D eigenvalue weighted by molar-refractivity contribution is 5.79. The first-order chi connectivity index (χ1) is 7.46. The van der Waals surface area contributed by atoms with E-state index in [-0.39, 0.29) is 11.2 Å². The second-order valence-electron chi connectivity index (χ2n) is 4.86. The van der Waals surface area contributed by atoms with Crippen molar-refractivity contribution in [2.75, 3.05) is 5.32 Å². The van der Waals surface area contributed by atoms with Gasteiger partial charge in [-0.3, -0.25) is 0 Å². The van der Waals surface area contributed by atoms with Gasteiger partial charge in [-0.15, -0.1) is 0 Å². The van der Waals surface area contributed by atoms with E-state index in [0.29, 0.717) is 11.3 Å². The fourth-order valence-electron chi connectivity index (χ4n) is 1.55. The van der Waals surface area contributed by atoms with Crippen molar-refractivity contribution in [1.82, 2.24) is 0 Å². The molecular formula is C13H15NO2. The highest BCUT2D eigenvalue weighted by Gasteiger charge is 2.13. The number of benzene rings is 1. The smallest absolute Gasteiger partial charge is 0.359 e. The molecule has 2 rings (SSSR count). The fourth-order valence-corrected chi connectivity index (χ4v) is 1.55. The minimum Gasteiger partial charge on any atom is -0.421 e. The summed E-state index contributed by atoms with van der Waals surface area (Å²) < 4.78 is 5.22. The Bertz CT molecular complexity index is 564. The average Bonchev–Trinajstić information content (AvgIpc) is 2.17. The molecule has 1 aromatic heterocycles. The third kappa shape index (κ3) is 2.24. The molecule has 3 nitrogen and oxygen atoms in total.